The number of hydrogen-bond donors (Lipinski definition) is 2. The maximum atomic E-state index is 9.46. The number of benzene rings is 1. The zero-order chi connectivity index (χ0) is 14.5. The summed E-state index contributed by atoms with van der Waals surface area (Å²) in [5.74, 6) is 4.36. The second-order valence-corrected chi connectivity index (χ2v) is 6.11. The summed E-state index contributed by atoms with van der Waals surface area (Å²) in [7, 11) is 0. The van der Waals surface area contributed by atoms with E-state index in [0.29, 0.717) is 6.54 Å². The normalized spacial score (nSPS) is 15.0. The van der Waals surface area contributed by atoms with Gasteiger partial charge in [0.2, 0.25) is 0 Å². The first kappa shape index (κ1) is 14.0. The lowest BCUT2D eigenvalue weighted by molar-refractivity contribution is 0.474. The van der Waals surface area contributed by atoms with Crippen molar-refractivity contribution in [3.63, 3.8) is 0 Å². The highest BCUT2D eigenvalue weighted by atomic mass is 32.2. The van der Waals surface area contributed by atoms with Crippen molar-refractivity contribution >= 4 is 23.4 Å². The SMILES string of the molecule is Oc1cccc(CNc2cc(N3CCSCC3)ncn2)c1. The molecule has 2 N–H and O–H groups in total. The number of anilines is 2. The lowest BCUT2D eigenvalue weighted by atomic mass is 10.2. The average molecular weight is 302 g/mol. The van der Waals surface area contributed by atoms with Crippen LogP contribution in [-0.2, 0) is 6.54 Å². The molecule has 0 aliphatic carbocycles. The molecule has 1 aromatic carbocycles. The third-order valence-corrected chi connectivity index (χ3v) is 4.31. The number of phenols is 1. The molecule has 3 rings (SSSR count). The Hall–Kier alpha value is -1.95. The Kier molecular flexibility index (Phi) is 4.45. The highest BCUT2D eigenvalue weighted by Gasteiger charge is 2.12. The Bertz CT molecular complexity index is 602. The van der Waals surface area contributed by atoms with Gasteiger partial charge in [-0.3, -0.25) is 0 Å². The summed E-state index contributed by atoms with van der Waals surface area (Å²) in [6.45, 7) is 2.70. The Labute approximate surface area is 128 Å². The van der Waals surface area contributed by atoms with Crippen molar-refractivity contribution in [2.75, 3.05) is 34.8 Å². The largest absolute Gasteiger partial charge is 0.508 e. The summed E-state index contributed by atoms with van der Waals surface area (Å²) < 4.78 is 0. The van der Waals surface area contributed by atoms with E-state index >= 15 is 0 Å². The van der Waals surface area contributed by atoms with Gasteiger partial charge < -0.3 is 15.3 Å². The number of nitrogens with zero attached hydrogens (tertiary/aromatic N) is 3. The number of aromatic hydroxyl groups is 1. The monoisotopic (exact) mass is 302 g/mol. The van der Waals surface area contributed by atoms with E-state index in [2.05, 4.69) is 20.2 Å². The Morgan fingerprint density at radius 1 is 1.19 bits per heavy atom. The third kappa shape index (κ3) is 3.78. The maximum absolute atomic E-state index is 9.46. The van der Waals surface area contributed by atoms with Crippen molar-refractivity contribution < 1.29 is 5.11 Å². The summed E-state index contributed by atoms with van der Waals surface area (Å²) in [5.41, 5.74) is 1.02. The quantitative estimate of drug-likeness (QED) is 0.904. The van der Waals surface area contributed by atoms with E-state index in [4.69, 9.17) is 0 Å². The van der Waals surface area contributed by atoms with Crippen LogP contribution in [0.4, 0.5) is 11.6 Å². The summed E-state index contributed by atoms with van der Waals surface area (Å²) in [5, 5.41) is 12.7. The van der Waals surface area contributed by atoms with Crippen LogP contribution >= 0.6 is 11.8 Å². The van der Waals surface area contributed by atoms with E-state index in [1.165, 1.54) is 0 Å². The van der Waals surface area contributed by atoms with Crippen molar-refractivity contribution in [2.24, 2.45) is 0 Å². The average Bonchev–Trinajstić information content (AvgIpc) is 2.54. The van der Waals surface area contributed by atoms with Crippen LogP contribution in [0, 0.1) is 0 Å². The fraction of sp³-hybridized carbons (Fsp3) is 0.333. The minimum absolute atomic E-state index is 0.281. The molecule has 6 heteroatoms. The predicted molar refractivity (Wildman–Crippen MR) is 87.0 cm³/mol. The fourth-order valence-electron chi connectivity index (χ4n) is 2.27. The van der Waals surface area contributed by atoms with Crippen LogP contribution in [0.5, 0.6) is 5.75 Å². The number of nitrogens with one attached hydrogen (secondary N) is 1. The molecule has 2 aromatic rings. The van der Waals surface area contributed by atoms with Gasteiger partial charge >= 0.3 is 0 Å². The number of hydrogen-bond acceptors (Lipinski definition) is 6. The van der Waals surface area contributed by atoms with Crippen LogP contribution in [-0.4, -0.2) is 39.7 Å². The summed E-state index contributed by atoms with van der Waals surface area (Å²) in [6.07, 6.45) is 1.60. The Balaban J connectivity index is 1.65. The van der Waals surface area contributed by atoms with Gasteiger partial charge in [0.25, 0.3) is 0 Å². The highest BCUT2D eigenvalue weighted by Crippen LogP contribution is 2.19. The summed E-state index contributed by atoms with van der Waals surface area (Å²) >= 11 is 1.98. The smallest absolute Gasteiger partial charge is 0.134 e. The van der Waals surface area contributed by atoms with E-state index < -0.39 is 0 Å². The van der Waals surface area contributed by atoms with E-state index in [1.54, 1.807) is 18.5 Å². The minimum atomic E-state index is 0.281. The van der Waals surface area contributed by atoms with Crippen LogP contribution in [0.2, 0.25) is 0 Å². The van der Waals surface area contributed by atoms with E-state index in [-0.39, 0.29) is 5.75 Å². The molecule has 1 fully saturated rings. The molecule has 21 heavy (non-hydrogen) atoms. The molecular weight excluding hydrogens is 284 g/mol. The van der Waals surface area contributed by atoms with Crippen molar-refractivity contribution in [3.05, 3.63) is 42.2 Å². The van der Waals surface area contributed by atoms with Gasteiger partial charge in [-0.25, -0.2) is 9.97 Å². The second kappa shape index (κ2) is 6.67. The molecule has 0 saturated carbocycles. The van der Waals surface area contributed by atoms with Gasteiger partial charge in [-0.15, -0.1) is 0 Å². The van der Waals surface area contributed by atoms with Gasteiger partial charge in [0, 0.05) is 37.2 Å². The van der Waals surface area contributed by atoms with Gasteiger partial charge in [0.1, 0.15) is 23.7 Å². The number of aromatic nitrogens is 2. The predicted octanol–water partition coefficient (Wildman–Crippen LogP) is 2.35. The van der Waals surface area contributed by atoms with Gasteiger partial charge in [-0.2, -0.15) is 11.8 Å². The molecule has 1 aromatic heterocycles. The Morgan fingerprint density at radius 3 is 2.86 bits per heavy atom. The lowest BCUT2D eigenvalue weighted by Crippen LogP contribution is -2.33. The van der Waals surface area contributed by atoms with Crippen LogP contribution in [0.1, 0.15) is 5.56 Å². The molecule has 5 nitrogen and oxygen atoms in total. The molecule has 0 bridgehead atoms. The number of rotatable bonds is 4. The molecule has 1 aliphatic heterocycles. The first-order chi connectivity index (χ1) is 10.3. The van der Waals surface area contributed by atoms with Crippen LogP contribution in [0.25, 0.3) is 0 Å². The maximum Gasteiger partial charge on any atom is 0.134 e. The molecule has 0 amide bonds. The number of thioether (sulfide) groups is 1. The van der Waals surface area contributed by atoms with Gasteiger partial charge in [-0.1, -0.05) is 12.1 Å². The molecule has 110 valence electrons. The zero-order valence-corrected chi connectivity index (χ0v) is 12.5. The van der Waals surface area contributed by atoms with Crippen molar-refractivity contribution in [2.45, 2.75) is 6.54 Å². The molecular formula is C15H18N4OS. The Morgan fingerprint density at radius 2 is 2.05 bits per heavy atom. The first-order valence-electron chi connectivity index (χ1n) is 6.98. The van der Waals surface area contributed by atoms with Gasteiger partial charge in [0.05, 0.1) is 0 Å². The van der Waals surface area contributed by atoms with E-state index in [9.17, 15) is 5.11 Å². The van der Waals surface area contributed by atoms with Crippen LogP contribution < -0.4 is 10.2 Å². The molecule has 0 unspecified atom stereocenters. The molecule has 0 atom stereocenters. The summed E-state index contributed by atoms with van der Waals surface area (Å²) in [4.78, 5) is 10.9. The molecule has 0 radical (unpaired) electrons. The van der Waals surface area contributed by atoms with Crippen molar-refractivity contribution in [1.82, 2.24) is 9.97 Å². The topological polar surface area (TPSA) is 61.3 Å². The lowest BCUT2D eigenvalue weighted by Gasteiger charge is -2.27. The van der Waals surface area contributed by atoms with Gasteiger partial charge in [0.15, 0.2) is 0 Å². The van der Waals surface area contributed by atoms with Crippen molar-refractivity contribution in [3.8, 4) is 5.75 Å². The highest BCUT2D eigenvalue weighted by molar-refractivity contribution is 7.99. The third-order valence-electron chi connectivity index (χ3n) is 3.37. The molecule has 1 aliphatic rings. The fourth-order valence-corrected chi connectivity index (χ4v) is 3.17. The van der Waals surface area contributed by atoms with Crippen molar-refractivity contribution in [1.29, 1.82) is 0 Å². The standard InChI is InChI=1S/C15H18N4OS/c20-13-3-1-2-12(8-13)10-16-14-9-15(18-11-17-14)19-4-6-21-7-5-19/h1-3,8-9,11,20H,4-7,10H2,(H,16,17,18). The molecule has 2 heterocycles. The number of phenolic OH excluding ortho intramolecular Hbond substituents is 1. The van der Waals surface area contributed by atoms with E-state index in [0.717, 1.165) is 41.8 Å². The first-order valence-corrected chi connectivity index (χ1v) is 8.13. The van der Waals surface area contributed by atoms with Crippen LogP contribution in [0.3, 0.4) is 0 Å². The summed E-state index contributed by atoms with van der Waals surface area (Å²) in [6, 6.07) is 9.20. The second-order valence-electron chi connectivity index (χ2n) is 4.88. The zero-order valence-electron chi connectivity index (χ0n) is 11.7. The molecule has 0 spiro atoms. The van der Waals surface area contributed by atoms with Gasteiger partial charge in [-0.05, 0) is 17.7 Å². The van der Waals surface area contributed by atoms with Crippen LogP contribution in [0.15, 0.2) is 36.7 Å². The molecule has 1 saturated heterocycles. The van der Waals surface area contributed by atoms with E-state index in [1.807, 2.05) is 30.0 Å². The minimum Gasteiger partial charge on any atom is -0.508 e.